The van der Waals surface area contributed by atoms with Crippen LogP contribution in [0.4, 0.5) is 19.0 Å². The highest BCUT2D eigenvalue weighted by atomic mass is 19.4. The minimum Gasteiger partial charge on any atom is -0.384 e. The molecule has 0 amide bonds. The van der Waals surface area contributed by atoms with Crippen LogP contribution in [0.3, 0.4) is 0 Å². The van der Waals surface area contributed by atoms with Gasteiger partial charge in [-0.2, -0.15) is 13.2 Å². The number of hydrogen-bond donors (Lipinski definition) is 2. The number of pyridine rings is 1. The van der Waals surface area contributed by atoms with E-state index in [9.17, 15) is 13.2 Å². The van der Waals surface area contributed by atoms with Crippen LogP contribution in [0.15, 0.2) is 18.3 Å². The van der Waals surface area contributed by atoms with Crippen molar-refractivity contribution in [3.8, 4) is 0 Å². The molecular formula is C12H15F3N4. The maximum absolute atomic E-state index is 12.8. The number of hydrogen-bond acceptors (Lipinski definition) is 3. The van der Waals surface area contributed by atoms with E-state index in [1.54, 1.807) is 17.0 Å². The van der Waals surface area contributed by atoms with E-state index >= 15 is 0 Å². The Kier molecular flexibility index (Phi) is 3.64. The summed E-state index contributed by atoms with van der Waals surface area (Å²) in [6.45, 7) is 0.380. The maximum atomic E-state index is 12.8. The Hall–Kier alpha value is -1.79. The van der Waals surface area contributed by atoms with Crippen molar-refractivity contribution in [3.05, 3.63) is 23.9 Å². The zero-order valence-electron chi connectivity index (χ0n) is 10.2. The molecule has 0 radical (unpaired) electrons. The summed E-state index contributed by atoms with van der Waals surface area (Å²) in [7, 11) is 0. The van der Waals surface area contributed by atoms with Crippen molar-refractivity contribution in [1.29, 1.82) is 5.41 Å². The molecule has 19 heavy (non-hydrogen) atoms. The molecule has 1 unspecified atom stereocenters. The SMILES string of the molecule is N=C(N)c1cccnc1N1CCCC(C(F)(F)F)C1. The van der Waals surface area contributed by atoms with Crippen LogP contribution in [0.2, 0.25) is 0 Å². The van der Waals surface area contributed by atoms with Gasteiger partial charge in [-0.3, -0.25) is 5.41 Å². The third kappa shape index (κ3) is 2.97. The van der Waals surface area contributed by atoms with Crippen molar-refractivity contribution in [2.45, 2.75) is 19.0 Å². The number of amidine groups is 1. The summed E-state index contributed by atoms with van der Waals surface area (Å²) >= 11 is 0. The molecule has 7 heteroatoms. The normalized spacial score (nSPS) is 20.4. The van der Waals surface area contributed by atoms with E-state index in [0.717, 1.165) is 0 Å². The fourth-order valence-electron chi connectivity index (χ4n) is 2.30. The molecule has 0 aliphatic carbocycles. The fraction of sp³-hybridized carbons (Fsp3) is 0.500. The van der Waals surface area contributed by atoms with Gasteiger partial charge in [0.2, 0.25) is 0 Å². The molecule has 2 rings (SSSR count). The van der Waals surface area contributed by atoms with Gasteiger partial charge in [0, 0.05) is 19.3 Å². The van der Waals surface area contributed by atoms with E-state index in [1.807, 2.05) is 0 Å². The van der Waals surface area contributed by atoms with Gasteiger partial charge in [0.15, 0.2) is 0 Å². The Morgan fingerprint density at radius 1 is 1.47 bits per heavy atom. The lowest BCUT2D eigenvalue weighted by molar-refractivity contribution is -0.176. The Labute approximate surface area is 108 Å². The Balaban J connectivity index is 2.25. The molecule has 104 valence electrons. The number of rotatable bonds is 2. The van der Waals surface area contributed by atoms with Crippen molar-refractivity contribution in [2.75, 3.05) is 18.0 Å². The molecule has 0 saturated carbocycles. The number of halogens is 3. The van der Waals surface area contributed by atoms with Crippen LogP contribution >= 0.6 is 0 Å². The molecule has 4 nitrogen and oxygen atoms in total. The molecule has 1 aliphatic heterocycles. The van der Waals surface area contributed by atoms with Crippen molar-refractivity contribution in [1.82, 2.24) is 4.98 Å². The second kappa shape index (κ2) is 5.07. The van der Waals surface area contributed by atoms with E-state index in [0.29, 0.717) is 24.3 Å². The molecule has 0 spiro atoms. The van der Waals surface area contributed by atoms with Gasteiger partial charge in [0.1, 0.15) is 11.7 Å². The number of nitrogens with two attached hydrogens (primary N) is 1. The van der Waals surface area contributed by atoms with E-state index in [2.05, 4.69) is 4.98 Å². The molecule has 0 bridgehead atoms. The third-order valence-electron chi connectivity index (χ3n) is 3.26. The lowest BCUT2D eigenvalue weighted by Gasteiger charge is -2.35. The van der Waals surface area contributed by atoms with Gasteiger partial charge in [0.25, 0.3) is 0 Å². The molecule has 1 saturated heterocycles. The van der Waals surface area contributed by atoms with Gasteiger partial charge in [-0.25, -0.2) is 4.98 Å². The first-order valence-corrected chi connectivity index (χ1v) is 6.00. The van der Waals surface area contributed by atoms with Gasteiger partial charge in [0.05, 0.1) is 11.5 Å². The third-order valence-corrected chi connectivity index (χ3v) is 3.26. The summed E-state index contributed by atoms with van der Waals surface area (Å²) in [4.78, 5) is 5.65. The molecule has 0 aromatic carbocycles. The van der Waals surface area contributed by atoms with Gasteiger partial charge in [-0.05, 0) is 25.0 Å². The molecule has 2 heterocycles. The molecule has 1 aliphatic rings. The summed E-state index contributed by atoms with van der Waals surface area (Å²) in [5.74, 6) is -1.16. The number of nitrogens with zero attached hydrogens (tertiary/aromatic N) is 2. The zero-order chi connectivity index (χ0) is 14.0. The largest absolute Gasteiger partial charge is 0.393 e. The average Bonchev–Trinajstić information content (AvgIpc) is 2.38. The smallest absolute Gasteiger partial charge is 0.384 e. The predicted molar refractivity (Wildman–Crippen MR) is 66.2 cm³/mol. The predicted octanol–water partition coefficient (Wildman–Crippen LogP) is 2.14. The second-order valence-electron chi connectivity index (χ2n) is 4.62. The minimum absolute atomic E-state index is 0.124. The molecule has 1 fully saturated rings. The quantitative estimate of drug-likeness (QED) is 0.640. The van der Waals surface area contributed by atoms with Gasteiger partial charge in [-0.1, -0.05) is 0 Å². The van der Waals surface area contributed by atoms with Crippen LogP contribution < -0.4 is 10.6 Å². The van der Waals surface area contributed by atoms with Crippen LogP contribution in [0.25, 0.3) is 0 Å². The maximum Gasteiger partial charge on any atom is 0.393 e. The van der Waals surface area contributed by atoms with Crippen LogP contribution in [0.1, 0.15) is 18.4 Å². The van der Waals surface area contributed by atoms with E-state index in [1.165, 1.54) is 6.20 Å². The van der Waals surface area contributed by atoms with E-state index in [4.69, 9.17) is 11.1 Å². The number of alkyl halides is 3. The monoisotopic (exact) mass is 272 g/mol. The number of nitrogens with one attached hydrogen (secondary N) is 1. The Morgan fingerprint density at radius 3 is 2.84 bits per heavy atom. The first-order chi connectivity index (χ1) is 8.89. The number of piperidine rings is 1. The summed E-state index contributed by atoms with van der Waals surface area (Å²) in [6.07, 6.45) is -2.09. The highest BCUT2D eigenvalue weighted by Gasteiger charge is 2.42. The standard InChI is InChI=1S/C12H15F3N4/c13-12(14,15)8-3-2-6-19(7-8)11-9(10(16)17)4-1-5-18-11/h1,4-5,8H,2-3,6-7H2,(H3,16,17). The average molecular weight is 272 g/mol. The lowest BCUT2D eigenvalue weighted by Crippen LogP contribution is -2.42. The van der Waals surface area contributed by atoms with Crippen molar-refractivity contribution >= 4 is 11.7 Å². The summed E-state index contributed by atoms with van der Waals surface area (Å²) in [5.41, 5.74) is 5.82. The van der Waals surface area contributed by atoms with E-state index < -0.39 is 12.1 Å². The highest BCUT2D eigenvalue weighted by Crippen LogP contribution is 2.34. The summed E-state index contributed by atoms with van der Waals surface area (Å²) in [5, 5.41) is 7.46. The fourth-order valence-corrected chi connectivity index (χ4v) is 2.30. The molecule has 1 atom stereocenters. The van der Waals surface area contributed by atoms with Crippen molar-refractivity contribution in [2.24, 2.45) is 11.7 Å². The number of aromatic nitrogens is 1. The topological polar surface area (TPSA) is 66.0 Å². The van der Waals surface area contributed by atoms with Crippen molar-refractivity contribution in [3.63, 3.8) is 0 Å². The zero-order valence-corrected chi connectivity index (χ0v) is 10.2. The molecule has 3 N–H and O–H groups in total. The lowest BCUT2D eigenvalue weighted by atomic mass is 9.97. The highest BCUT2D eigenvalue weighted by molar-refractivity contribution is 5.99. The van der Waals surface area contributed by atoms with Crippen molar-refractivity contribution < 1.29 is 13.2 Å². The van der Waals surface area contributed by atoms with Crippen LogP contribution in [-0.2, 0) is 0 Å². The summed E-state index contributed by atoms with van der Waals surface area (Å²) in [6, 6.07) is 3.22. The van der Waals surface area contributed by atoms with Crippen LogP contribution in [0.5, 0.6) is 0 Å². The first-order valence-electron chi connectivity index (χ1n) is 6.00. The number of nitrogen functional groups attached to an aromatic ring is 1. The number of anilines is 1. The Morgan fingerprint density at radius 2 is 2.21 bits per heavy atom. The van der Waals surface area contributed by atoms with Gasteiger partial charge >= 0.3 is 6.18 Å². The second-order valence-corrected chi connectivity index (χ2v) is 4.62. The summed E-state index contributed by atoms with van der Waals surface area (Å²) < 4.78 is 38.3. The first kappa shape index (κ1) is 13.6. The van der Waals surface area contributed by atoms with Crippen LogP contribution in [0, 0.1) is 11.3 Å². The van der Waals surface area contributed by atoms with Crippen LogP contribution in [-0.4, -0.2) is 30.1 Å². The molecule has 1 aromatic rings. The minimum atomic E-state index is -4.19. The molecule has 1 aromatic heterocycles. The Bertz CT molecular complexity index is 472. The molecular weight excluding hydrogens is 257 g/mol. The van der Waals surface area contributed by atoms with Gasteiger partial charge < -0.3 is 10.6 Å². The van der Waals surface area contributed by atoms with E-state index in [-0.39, 0.29) is 18.8 Å². The van der Waals surface area contributed by atoms with Gasteiger partial charge in [-0.15, -0.1) is 0 Å².